The minimum absolute atomic E-state index is 0.00515. The second-order valence-corrected chi connectivity index (χ2v) is 6.25. The molecule has 22 heavy (non-hydrogen) atoms. The van der Waals surface area contributed by atoms with E-state index in [9.17, 15) is 9.90 Å². The number of carboxylic acid groups (broad SMARTS) is 1. The third-order valence-electron chi connectivity index (χ3n) is 4.15. The van der Waals surface area contributed by atoms with Crippen LogP contribution in [0.4, 0.5) is 0 Å². The van der Waals surface area contributed by atoms with Crippen molar-refractivity contribution in [1.29, 1.82) is 0 Å². The van der Waals surface area contributed by atoms with Crippen molar-refractivity contribution in [3.8, 4) is 0 Å². The van der Waals surface area contributed by atoms with Crippen LogP contribution in [0.3, 0.4) is 0 Å². The fourth-order valence-electron chi connectivity index (χ4n) is 2.70. The Morgan fingerprint density at radius 3 is 2.59 bits per heavy atom. The lowest BCUT2D eigenvalue weighted by atomic mass is 10.0. The van der Waals surface area contributed by atoms with Crippen molar-refractivity contribution in [1.82, 2.24) is 0 Å². The maximum atomic E-state index is 10.4. The van der Waals surface area contributed by atoms with Gasteiger partial charge in [0.05, 0.1) is 6.10 Å². The molecule has 0 aromatic carbocycles. The molecule has 4 heteroatoms. The minimum atomic E-state index is -0.703. The molecular formula is C18H32O4. The first-order chi connectivity index (χ1) is 10.6. The van der Waals surface area contributed by atoms with Crippen molar-refractivity contribution < 1.29 is 19.7 Å². The molecule has 0 saturated carbocycles. The zero-order valence-electron chi connectivity index (χ0n) is 13.9. The van der Waals surface area contributed by atoms with E-state index in [4.69, 9.17) is 9.84 Å². The standard InChI is InChI=1S/C18H32O4/c1-2-3-4-6-9-12-15(19)18-16(22-18)13-10-7-5-8-11-14-17(20)21/h9,12,15-16,18-19H,2-8,10-11,13-14H2,1H3,(H,20,21)/b12-9-/t15?,16-,18-/m0/s1. The van der Waals surface area contributed by atoms with Gasteiger partial charge in [-0.25, -0.2) is 0 Å². The molecule has 0 radical (unpaired) electrons. The Hall–Kier alpha value is -0.870. The lowest BCUT2D eigenvalue weighted by Crippen LogP contribution is -2.13. The Morgan fingerprint density at radius 1 is 1.14 bits per heavy atom. The molecule has 0 bridgehead atoms. The number of ether oxygens (including phenoxy) is 1. The van der Waals surface area contributed by atoms with Crippen LogP contribution >= 0.6 is 0 Å². The third kappa shape index (κ3) is 9.21. The van der Waals surface area contributed by atoms with Gasteiger partial charge < -0.3 is 14.9 Å². The van der Waals surface area contributed by atoms with E-state index in [-0.39, 0.29) is 18.6 Å². The fourth-order valence-corrected chi connectivity index (χ4v) is 2.70. The molecule has 2 N–H and O–H groups in total. The summed E-state index contributed by atoms with van der Waals surface area (Å²) in [7, 11) is 0. The third-order valence-corrected chi connectivity index (χ3v) is 4.15. The van der Waals surface area contributed by atoms with Crippen molar-refractivity contribution in [3.05, 3.63) is 12.2 Å². The fraction of sp³-hybridized carbons (Fsp3) is 0.833. The molecule has 1 saturated heterocycles. The highest BCUT2D eigenvalue weighted by atomic mass is 16.6. The summed E-state index contributed by atoms with van der Waals surface area (Å²) in [6.45, 7) is 2.19. The van der Waals surface area contributed by atoms with Gasteiger partial charge in [0.2, 0.25) is 0 Å². The molecule has 1 rings (SSSR count). The normalized spacial score (nSPS) is 22.1. The van der Waals surface area contributed by atoms with Gasteiger partial charge in [0, 0.05) is 6.42 Å². The summed E-state index contributed by atoms with van der Waals surface area (Å²) in [5, 5.41) is 18.5. The molecule has 3 atom stereocenters. The van der Waals surface area contributed by atoms with Crippen molar-refractivity contribution in [3.63, 3.8) is 0 Å². The molecule has 0 amide bonds. The number of rotatable bonds is 14. The molecule has 1 aliphatic heterocycles. The van der Waals surface area contributed by atoms with E-state index in [2.05, 4.69) is 13.0 Å². The zero-order valence-corrected chi connectivity index (χ0v) is 13.9. The highest BCUT2D eigenvalue weighted by molar-refractivity contribution is 5.66. The summed E-state index contributed by atoms with van der Waals surface area (Å²) < 4.78 is 5.54. The Morgan fingerprint density at radius 2 is 1.86 bits per heavy atom. The van der Waals surface area contributed by atoms with Gasteiger partial charge in [-0.2, -0.15) is 0 Å². The maximum Gasteiger partial charge on any atom is 0.303 e. The van der Waals surface area contributed by atoms with E-state index < -0.39 is 12.1 Å². The van der Waals surface area contributed by atoms with Crippen LogP contribution in [0.15, 0.2) is 12.2 Å². The Bertz CT molecular complexity index is 327. The van der Waals surface area contributed by atoms with E-state index in [0.29, 0.717) is 0 Å². The first-order valence-corrected chi connectivity index (χ1v) is 8.87. The first-order valence-electron chi connectivity index (χ1n) is 8.87. The molecule has 0 aromatic rings. The summed E-state index contributed by atoms with van der Waals surface area (Å²) in [6.07, 6.45) is 14.8. The lowest BCUT2D eigenvalue weighted by molar-refractivity contribution is -0.137. The number of aliphatic carboxylic acids is 1. The topological polar surface area (TPSA) is 70.1 Å². The lowest BCUT2D eigenvalue weighted by Gasteiger charge is -2.01. The van der Waals surface area contributed by atoms with Crippen LogP contribution in [-0.4, -0.2) is 34.5 Å². The van der Waals surface area contributed by atoms with Gasteiger partial charge in [-0.1, -0.05) is 57.6 Å². The quantitative estimate of drug-likeness (QED) is 0.288. The highest BCUT2D eigenvalue weighted by Crippen LogP contribution is 2.31. The second-order valence-electron chi connectivity index (χ2n) is 6.25. The van der Waals surface area contributed by atoms with Gasteiger partial charge in [0.15, 0.2) is 0 Å². The molecule has 1 unspecified atom stereocenters. The summed E-state index contributed by atoms with van der Waals surface area (Å²) in [6, 6.07) is 0. The largest absolute Gasteiger partial charge is 0.481 e. The summed E-state index contributed by atoms with van der Waals surface area (Å²) in [5.41, 5.74) is 0. The monoisotopic (exact) mass is 312 g/mol. The number of epoxide rings is 1. The number of allylic oxidation sites excluding steroid dienone is 1. The van der Waals surface area contributed by atoms with Gasteiger partial charge in [0.1, 0.15) is 12.2 Å². The average molecular weight is 312 g/mol. The molecule has 1 aliphatic rings. The van der Waals surface area contributed by atoms with Gasteiger partial charge >= 0.3 is 5.97 Å². The second kappa shape index (κ2) is 11.7. The SMILES string of the molecule is CCCCC/C=C\C(O)[C@@H]1O[C@H]1CCCCCCCC(=O)O. The van der Waals surface area contributed by atoms with E-state index in [1.807, 2.05) is 6.08 Å². The maximum absolute atomic E-state index is 10.4. The number of carbonyl (C=O) groups is 1. The van der Waals surface area contributed by atoms with Crippen LogP contribution in [0.2, 0.25) is 0 Å². The molecule has 0 spiro atoms. The van der Waals surface area contributed by atoms with Crippen molar-refractivity contribution in [2.75, 3.05) is 0 Å². The van der Waals surface area contributed by atoms with Crippen molar-refractivity contribution in [2.45, 2.75) is 95.9 Å². The van der Waals surface area contributed by atoms with E-state index in [1.54, 1.807) is 0 Å². The Kier molecular flexibility index (Phi) is 10.2. The molecule has 128 valence electrons. The summed E-state index contributed by atoms with van der Waals surface area (Å²) >= 11 is 0. The van der Waals surface area contributed by atoms with Crippen LogP contribution in [0.1, 0.15) is 77.6 Å². The zero-order chi connectivity index (χ0) is 16.2. The predicted molar refractivity (Wildman–Crippen MR) is 87.9 cm³/mol. The minimum Gasteiger partial charge on any atom is -0.481 e. The number of hydrogen-bond acceptors (Lipinski definition) is 3. The molecule has 1 fully saturated rings. The average Bonchev–Trinajstić information content (AvgIpc) is 3.25. The number of hydrogen-bond donors (Lipinski definition) is 2. The van der Waals surface area contributed by atoms with Crippen LogP contribution in [0.5, 0.6) is 0 Å². The highest BCUT2D eigenvalue weighted by Gasteiger charge is 2.42. The Labute approximate surface area is 134 Å². The van der Waals surface area contributed by atoms with Gasteiger partial charge in [-0.3, -0.25) is 4.79 Å². The van der Waals surface area contributed by atoms with E-state index in [0.717, 1.165) is 44.9 Å². The number of aliphatic hydroxyl groups excluding tert-OH is 1. The molecule has 0 aliphatic carbocycles. The van der Waals surface area contributed by atoms with Gasteiger partial charge in [0.25, 0.3) is 0 Å². The smallest absolute Gasteiger partial charge is 0.303 e. The Balaban J connectivity index is 1.93. The number of carboxylic acids is 1. The first kappa shape index (κ1) is 19.2. The molecule has 1 heterocycles. The van der Waals surface area contributed by atoms with E-state index >= 15 is 0 Å². The van der Waals surface area contributed by atoms with Crippen LogP contribution in [-0.2, 0) is 9.53 Å². The van der Waals surface area contributed by atoms with Crippen LogP contribution in [0, 0.1) is 0 Å². The van der Waals surface area contributed by atoms with Crippen LogP contribution in [0.25, 0.3) is 0 Å². The van der Waals surface area contributed by atoms with Gasteiger partial charge in [-0.15, -0.1) is 0 Å². The molecular weight excluding hydrogens is 280 g/mol. The summed E-state index contributed by atoms with van der Waals surface area (Å²) in [5.74, 6) is -0.703. The predicted octanol–water partition coefficient (Wildman–Crippen LogP) is 4.07. The molecule has 0 aromatic heterocycles. The molecule has 4 nitrogen and oxygen atoms in total. The van der Waals surface area contributed by atoms with Crippen LogP contribution < -0.4 is 0 Å². The summed E-state index contributed by atoms with van der Waals surface area (Å²) in [4.78, 5) is 10.4. The van der Waals surface area contributed by atoms with Gasteiger partial charge in [-0.05, 0) is 25.7 Å². The van der Waals surface area contributed by atoms with E-state index in [1.165, 1.54) is 19.3 Å². The van der Waals surface area contributed by atoms with Crippen molar-refractivity contribution >= 4 is 5.97 Å². The van der Waals surface area contributed by atoms with Crippen molar-refractivity contribution in [2.24, 2.45) is 0 Å². The number of unbranched alkanes of at least 4 members (excludes halogenated alkanes) is 7. The number of aliphatic hydroxyl groups is 1.